The average molecular weight is 485 g/mol. The molecule has 2 aliphatic heterocycles. The van der Waals surface area contributed by atoms with Gasteiger partial charge in [-0.2, -0.15) is 0 Å². The molecule has 4 rings (SSSR count). The quantitative estimate of drug-likeness (QED) is 0.365. The number of carbonyl (C=O) groups is 2. The standard InChI is InChI=1S/C26H29ClN2O5/c1-17(2)34-21-9-5-18(6-10-21)23-22(24(30)19-3-7-20(27)8-4-19)25(31)26(32)29(23)12-11-28-13-15-33-16-14-28/h3-10,17,23,30H,11-16H2,1-2H3/b24-22+/t23-/m1/s1. The normalized spacial score (nSPS) is 20.8. The van der Waals surface area contributed by atoms with Gasteiger partial charge in [0.05, 0.1) is 30.9 Å². The predicted molar refractivity (Wildman–Crippen MR) is 130 cm³/mol. The number of likely N-dealkylation sites (tertiary alicyclic amines) is 1. The number of hydrogen-bond donors (Lipinski definition) is 1. The molecule has 0 aromatic heterocycles. The number of nitrogens with zero attached hydrogens (tertiary/aromatic N) is 2. The maximum absolute atomic E-state index is 13.2. The molecule has 2 heterocycles. The fourth-order valence-electron chi connectivity index (χ4n) is 4.30. The van der Waals surface area contributed by atoms with E-state index in [1.54, 1.807) is 29.2 Å². The second-order valence-electron chi connectivity index (χ2n) is 8.69. The smallest absolute Gasteiger partial charge is 0.295 e. The van der Waals surface area contributed by atoms with Crippen LogP contribution in [0.15, 0.2) is 54.1 Å². The Kier molecular flexibility index (Phi) is 7.56. The summed E-state index contributed by atoms with van der Waals surface area (Å²) in [5.74, 6) is -0.823. The fraction of sp³-hybridized carbons (Fsp3) is 0.385. The number of morpholine rings is 1. The van der Waals surface area contributed by atoms with Gasteiger partial charge in [0.25, 0.3) is 11.7 Å². The maximum Gasteiger partial charge on any atom is 0.295 e. The summed E-state index contributed by atoms with van der Waals surface area (Å²) >= 11 is 5.99. The van der Waals surface area contributed by atoms with Crippen molar-refractivity contribution in [2.24, 2.45) is 0 Å². The second-order valence-corrected chi connectivity index (χ2v) is 9.13. The molecule has 0 bridgehead atoms. The molecule has 0 unspecified atom stereocenters. The van der Waals surface area contributed by atoms with E-state index in [9.17, 15) is 14.7 Å². The molecule has 2 aliphatic rings. The molecule has 2 saturated heterocycles. The lowest BCUT2D eigenvalue weighted by Crippen LogP contribution is -2.42. The summed E-state index contributed by atoms with van der Waals surface area (Å²) in [6, 6.07) is 13.2. The zero-order chi connectivity index (χ0) is 24.2. The van der Waals surface area contributed by atoms with Crippen LogP contribution in [0.1, 0.15) is 31.0 Å². The number of ether oxygens (including phenoxy) is 2. The van der Waals surface area contributed by atoms with Crippen LogP contribution in [0.3, 0.4) is 0 Å². The molecule has 0 radical (unpaired) electrons. The monoisotopic (exact) mass is 484 g/mol. The highest BCUT2D eigenvalue weighted by atomic mass is 35.5. The van der Waals surface area contributed by atoms with E-state index in [1.807, 2.05) is 38.1 Å². The van der Waals surface area contributed by atoms with Gasteiger partial charge >= 0.3 is 0 Å². The zero-order valence-electron chi connectivity index (χ0n) is 19.4. The van der Waals surface area contributed by atoms with Crippen molar-refractivity contribution in [3.05, 3.63) is 70.3 Å². The minimum absolute atomic E-state index is 0.0231. The van der Waals surface area contributed by atoms with E-state index < -0.39 is 17.7 Å². The number of Topliss-reactive ketones (excluding diaryl/α,β-unsaturated/α-hetero) is 1. The first-order chi connectivity index (χ1) is 16.3. The average Bonchev–Trinajstić information content (AvgIpc) is 3.08. The Labute approximate surface area is 204 Å². The minimum atomic E-state index is -0.704. The van der Waals surface area contributed by atoms with Crippen LogP contribution in [0, 0.1) is 0 Å². The molecule has 0 saturated carbocycles. The van der Waals surface area contributed by atoms with Crippen LogP contribution >= 0.6 is 11.6 Å². The SMILES string of the molecule is CC(C)Oc1ccc([C@@H]2/C(=C(\O)c3ccc(Cl)cc3)C(=O)C(=O)N2CCN2CCOCC2)cc1. The van der Waals surface area contributed by atoms with Crippen molar-refractivity contribution < 1.29 is 24.2 Å². The van der Waals surface area contributed by atoms with E-state index in [0.717, 1.165) is 18.7 Å². The summed E-state index contributed by atoms with van der Waals surface area (Å²) in [5, 5.41) is 11.6. The molecule has 2 fully saturated rings. The summed E-state index contributed by atoms with van der Waals surface area (Å²) in [6.45, 7) is 7.72. The van der Waals surface area contributed by atoms with Crippen LogP contribution in [0.5, 0.6) is 5.75 Å². The summed E-state index contributed by atoms with van der Waals surface area (Å²) < 4.78 is 11.1. The molecule has 2 aromatic carbocycles. The topological polar surface area (TPSA) is 79.3 Å². The van der Waals surface area contributed by atoms with Crippen LogP contribution in [0.4, 0.5) is 0 Å². The van der Waals surface area contributed by atoms with Gasteiger partial charge in [-0.15, -0.1) is 0 Å². The van der Waals surface area contributed by atoms with Crippen LogP contribution < -0.4 is 4.74 Å². The molecule has 0 spiro atoms. The Morgan fingerprint density at radius 2 is 1.71 bits per heavy atom. The molecule has 8 heteroatoms. The van der Waals surface area contributed by atoms with Crippen molar-refractivity contribution >= 4 is 29.1 Å². The van der Waals surface area contributed by atoms with Gasteiger partial charge in [0.15, 0.2) is 0 Å². The number of benzene rings is 2. The Morgan fingerprint density at radius 1 is 1.06 bits per heavy atom. The lowest BCUT2D eigenvalue weighted by Gasteiger charge is -2.31. The third-order valence-corrected chi connectivity index (χ3v) is 6.24. The van der Waals surface area contributed by atoms with Crippen molar-refractivity contribution in [2.45, 2.75) is 26.0 Å². The molecule has 1 N–H and O–H groups in total. The number of aliphatic hydroxyl groups is 1. The van der Waals surface area contributed by atoms with E-state index in [4.69, 9.17) is 21.1 Å². The number of hydrogen-bond acceptors (Lipinski definition) is 6. The van der Waals surface area contributed by atoms with E-state index in [0.29, 0.717) is 42.6 Å². The lowest BCUT2D eigenvalue weighted by atomic mass is 9.95. The second kappa shape index (κ2) is 10.6. The van der Waals surface area contributed by atoms with Crippen molar-refractivity contribution in [1.29, 1.82) is 0 Å². The molecule has 0 aliphatic carbocycles. The van der Waals surface area contributed by atoms with Gasteiger partial charge in [-0.3, -0.25) is 14.5 Å². The molecule has 34 heavy (non-hydrogen) atoms. The first-order valence-corrected chi connectivity index (χ1v) is 11.8. The van der Waals surface area contributed by atoms with Gasteiger partial charge in [0, 0.05) is 36.8 Å². The summed E-state index contributed by atoms with van der Waals surface area (Å²) in [6.07, 6.45) is 0.0231. The summed E-state index contributed by atoms with van der Waals surface area (Å²) in [7, 11) is 0. The lowest BCUT2D eigenvalue weighted by molar-refractivity contribution is -0.140. The van der Waals surface area contributed by atoms with Crippen LogP contribution in [0.25, 0.3) is 5.76 Å². The van der Waals surface area contributed by atoms with Crippen LogP contribution in [-0.4, -0.2) is 72.1 Å². The highest BCUT2D eigenvalue weighted by Gasteiger charge is 2.46. The highest BCUT2D eigenvalue weighted by molar-refractivity contribution is 6.46. The van der Waals surface area contributed by atoms with Crippen molar-refractivity contribution in [1.82, 2.24) is 9.80 Å². The summed E-state index contributed by atoms with van der Waals surface area (Å²) in [4.78, 5) is 30.0. The molecule has 2 aromatic rings. The van der Waals surface area contributed by atoms with E-state index in [1.165, 1.54) is 0 Å². The van der Waals surface area contributed by atoms with Gasteiger partial charge in [0.2, 0.25) is 0 Å². The van der Waals surface area contributed by atoms with E-state index in [-0.39, 0.29) is 17.4 Å². The number of halogens is 1. The third kappa shape index (κ3) is 5.27. The van der Waals surface area contributed by atoms with Crippen molar-refractivity contribution in [3.8, 4) is 5.75 Å². The van der Waals surface area contributed by atoms with Gasteiger partial charge in [0.1, 0.15) is 11.5 Å². The fourth-order valence-corrected chi connectivity index (χ4v) is 4.42. The molecule has 1 amide bonds. The largest absolute Gasteiger partial charge is 0.507 e. The number of rotatable bonds is 7. The van der Waals surface area contributed by atoms with Crippen LogP contribution in [0.2, 0.25) is 5.02 Å². The number of ketones is 1. The zero-order valence-corrected chi connectivity index (χ0v) is 20.1. The molecular weight excluding hydrogens is 456 g/mol. The third-order valence-electron chi connectivity index (χ3n) is 5.99. The molecule has 180 valence electrons. The van der Waals surface area contributed by atoms with Gasteiger partial charge in [-0.05, 0) is 55.8 Å². The van der Waals surface area contributed by atoms with Crippen molar-refractivity contribution in [3.63, 3.8) is 0 Å². The first kappa shape index (κ1) is 24.3. The maximum atomic E-state index is 13.2. The van der Waals surface area contributed by atoms with E-state index >= 15 is 0 Å². The number of carbonyl (C=O) groups excluding carboxylic acids is 2. The number of aliphatic hydroxyl groups excluding tert-OH is 1. The first-order valence-electron chi connectivity index (χ1n) is 11.5. The number of amides is 1. The van der Waals surface area contributed by atoms with E-state index in [2.05, 4.69) is 4.90 Å². The highest BCUT2D eigenvalue weighted by Crippen LogP contribution is 2.39. The summed E-state index contributed by atoms with van der Waals surface area (Å²) in [5.41, 5.74) is 1.24. The van der Waals surface area contributed by atoms with Gasteiger partial charge in [-0.1, -0.05) is 23.7 Å². The minimum Gasteiger partial charge on any atom is -0.507 e. The van der Waals surface area contributed by atoms with Crippen molar-refractivity contribution in [2.75, 3.05) is 39.4 Å². The Balaban J connectivity index is 1.71. The molecule has 7 nitrogen and oxygen atoms in total. The Morgan fingerprint density at radius 3 is 2.32 bits per heavy atom. The molecular formula is C26H29ClN2O5. The Bertz CT molecular complexity index is 1060. The van der Waals surface area contributed by atoms with Crippen LogP contribution in [-0.2, 0) is 14.3 Å². The van der Waals surface area contributed by atoms with Gasteiger partial charge < -0.3 is 19.5 Å². The Hall–Kier alpha value is -2.87. The molecule has 1 atom stereocenters. The predicted octanol–water partition coefficient (Wildman–Crippen LogP) is 3.88. The van der Waals surface area contributed by atoms with Gasteiger partial charge in [-0.25, -0.2) is 0 Å².